The van der Waals surface area contributed by atoms with Crippen molar-refractivity contribution < 1.29 is 8.78 Å². The lowest BCUT2D eigenvalue weighted by Gasteiger charge is -2.28. The van der Waals surface area contributed by atoms with Crippen molar-refractivity contribution in [2.45, 2.75) is 18.9 Å². The Balaban J connectivity index is 2.13. The van der Waals surface area contributed by atoms with E-state index in [4.69, 9.17) is 0 Å². The second-order valence-electron chi connectivity index (χ2n) is 3.26. The van der Waals surface area contributed by atoms with Crippen LogP contribution in [-0.2, 0) is 0 Å². The van der Waals surface area contributed by atoms with E-state index in [9.17, 15) is 8.78 Å². The minimum Gasteiger partial charge on any atom is -0.310 e. The zero-order chi connectivity index (χ0) is 9.26. The van der Waals surface area contributed by atoms with E-state index >= 15 is 0 Å². The van der Waals surface area contributed by atoms with Crippen molar-refractivity contribution in [2.75, 3.05) is 6.54 Å². The van der Waals surface area contributed by atoms with E-state index in [1.165, 1.54) is 12.1 Å². The summed E-state index contributed by atoms with van der Waals surface area (Å²) < 4.78 is 24.4. The predicted molar refractivity (Wildman–Crippen MR) is 46.8 cm³/mol. The maximum Gasteiger partial charge on any atom is 0.263 e. The summed E-state index contributed by atoms with van der Waals surface area (Å²) in [6, 6.07) is 6.93. The number of hydrogen-bond donors (Lipinski definition) is 1. The van der Waals surface area contributed by atoms with Crippen LogP contribution in [0.2, 0.25) is 0 Å². The average Bonchev–Trinajstić information content (AvgIpc) is 2.02. The highest BCUT2D eigenvalue weighted by Gasteiger charge is 2.18. The third-order valence-electron chi connectivity index (χ3n) is 2.41. The van der Waals surface area contributed by atoms with Gasteiger partial charge in [-0.05, 0) is 18.5 Å². The first kappa shape index (κ1) is 8.63. The Hall–Kier alpha value is -0.960. The highest BCUT2D eigenvalue weighted by Crippen LogP contribution is 2.25. The third kappa shape index (κ3) is 1.70. The molecule has 1 saturated heterocycles. The van der Waals surface area contributed by atoms with Crippen molar-refractivity contribution in [1.29, 1.82) is 0 Å². The molecule has 0 bridgehead atoms. The topological polar surface area (TPSA) is 12.0 Å². The molecule has 0 amide bonds. The largest absolute Gasteiger partial charge is 0.310 e. The van der Waals surface area contributed by atoms with Crippen molar-refractivity contribution >= 4 is 0 Å². The van der Waals surface area contributed by atoms with Crippen LogP contribution in [0.4, 0.5) is 8.78 Å². The van der Waals surface area contributed by atoms with Crippen LogP contribution in [-0.4, -0.2) is 6.54 Å². The predicted octanol–water partition coefficient (Wildman–Crippen LogP) is 2.66. The zero-order valence-corrected chi connectivity index (χ0v) is 7.13. The molecule has 0 aliphatic carbocycles. The van der Waals surface area contributed by atoms with Gasteiger partial charge in [0, 0.05) is 11.6 Å². The number of hydrogen-bond acceptors (Lipinski definition) is 1. The first-order valence-corrected chi connectivity index (χ1v) is 4.39. The number of nitrogens with one attached hydrogen (secondary N) is 1. The molecule has 1 atom stereocenters. The van der Waals surface area contributed by atoms with Crippen LogP contribution in [0.5, 0.6) is 0 Å². The Morgan fingerprint density at radius 3 is 2.23 bits per heavy atom. The van der Waals surface area contributed by atoms with Crippen LogP contribution in [0, 0.1) is 0 Å². The van der Waals surface area contributed by atoms with Gasteiger partial charge in [0.2, 0.25) is 0 Å². The molecule has 13 heavy (non-hydrogen) atoms. The molecule has 1 aromatic carbocycles. The standard InChI is InChI=1S/C10H11F2N/c11-10(12)8-3-1-7(2-4-8)9-5-6-13-9/h1-4,9-10,13H,5-6H2. The molecule has 1 aromatic rings. The normalized spacial score (nSPS) is 21.6. The van der Waals surface area contributed by atoms with Crippen LogP contribution >= 0.6 is 0 Å². The lowest BCUT2D eigenvalue weighted by molar-refractivity contribution is 0.151. The van der Waals surface area contributed by atoms with E-state index in [-0.39, 0.29) is 5.56 Å². The van der Waals surface area contributed by atoms with Crippen LogP contribution in [0.1, 0.15) is 30.0 Å². The van der Waals surface area contributed by atoms with Crippen molar-refractivity contribution in [3.8, 4) is 0 Å². The maximum absolute atomic E-state index is 12.2. The molecule has 0 aromatic heterocycles. The van der Waals surface area contributed by atoms with Crippen molar-refractivity contribution in [3.05, 3.63) is 35.4 Å². The van der Waals surface area contributed by atoms with E-state index in [0.29, 0.717) is 6.04 Å². The minimum atomic E-state index is -2.36. The fourth-order valence-electron chi connectivity index (χ4n) is 1.45. The van der Waals surface area contributed by atoms with Crippen LogP contribution in [0.25, 0.3) is 0 Å². The molecule has 1 unspecified atom stereocenters. The lowest BCUT2D eigenvalue weighted by atomic mass is 9.97. The van der Waals surface area contributed by atoms with Gasteiger partial charge in [-0.2, -0.15) is 0 Å². The van der Waals surface area contributed by atoms with Gasteiger partial charge in [-0.1, -0.05) is 24.3 Å². The van der Waals surface area contributed by atoms with Crippen LogP contribution < -0.4 is 5.32 Å². The Kier molecular flexibility index (Phi) is 2.27. The molecule has 3 heteroatoms. The minimum absolute atomic E-state index is 0.100. The summed E-state index contributed by atoms with van der Waals surface area (Å²) in [5.41, 5.74) is 1.21. The molecule has 2 rings (SSSR count). The number of benzene rings is 1. The number of halogens is 2. The van der Waals surface area contributed by atoms with Crippen molar-refractivity contribution in [1.82, 2.24) is 5.32 Å². The summed E-state index contributed by atoms with van der Waals surface area (Å²) in [6.45, 7) is 1.03. The van der Waals surface area contributed by atoms with Gasteiger partial charge in [-0.3, -0.25) is 0 Å². The Morgan fingerprint density at radius 2 is 1.85 bits per heavy atom. The molecule has 0 saturated carbocycles. The highest BCUT2D eigenvalue weighted by atomic mass is 19.3. The first-order chi connectivity index (χ1) is 6.27. The summed E-state index contributed by atoms with van der Waals surface area (Å²) in [4.78, 5) is 0. The first-order valence-electron chi connectivity index (χ1n) is 4.39. The van der Waals surface area contributed by atoms with Gasteiger partial charge in [-0.25, -0.2) is 8.78 Å². The highest BCUT2D eigenvalue weighted by molar-refractivity contribution is 5.26. The summed E-state index contributed by atoms with van der Waals surface area (Å²) in [7, 11) is 0. The van der Waals surface area contributed by atoms with E-state index in [1.807, 2.05) is 0 Å². The molecule has 0 radical (unpaired) electrons. The molecule has 1 aliphatic heterocycles. The quantitative estimate of drug-likeness (QED) is 0.743. The van der Waals surface area contributed by atoms with E-state index in [2.05, 4.69) is 5.32 Å². The van der Waals surface area contributed by atoms with Gasteiger partial charge in [0.15, 0.2) is 0 Å². The van der Waals surface area contributed by atoms with Crippen LogP contribution in [0.3, 0.4) is 0 Å². The van der Waals surface area contributed by atoms with Gasteiger partial charge in [0.25, 0.3) is 6.43 Å². The van der Waals surface area contributed by atoms with Gasteiger partial charge < -0.3 is 5.32 Å². The molecule has 1 aliphatic rings. The second-order valence-corrected chi connectivity index (χ2v) is 3.26. The fourth-order valence-corrected chi connectivity index (χ4v) is 1.45. The monoisotopic (exact) mass is 183 g/mol. The molecular weight excluding hydrogens is 172 g/mol. The molecule has 1 fully saturated rings. The lowest BCUT2D eigenvalue weighted by Crippen LogP contribution is -2.34. The van der Waals surface area contributed by atoms with E-state index < -0.39 is 6.43 Å². The smallest absolute Gasteiger partial charge is 0.263 e. The Bertz CT molecular complexity index is 277. The molecule has 1 N–H and O–H groups in total. The third-order valence-corrected chi connectivity index (χ3v) is 2.41. The number of alkyl halides is 2. The number of rotatable bonds is 2. The maximum atomic E-state index is 12.2. The van der Waals surface area contributed by atoms with E-state index in [0.717, 1.165) is 18.5 Å². The summed E-state index contributed by atoms with van der Waals surface area (Å²) in [5, 5.41) is 3.22. The summed E-state index contributed by atoms with van der Waals surface area (Å²) >= 11 is 0. The molecular formula is C10H11F2N. The molecule has 70 valence electrons. The Labute approximate surface area is 75.8 Å². The van der Waals surface area contributed by atoms with Gasteiger partial charge in [-0.15, -0.1) is 0 Å². The van der Waals surface area contributed by atoms with E-state index in [1.54, 1.807) is 12.1 Å². The summed E-state index contributed by atoms with van der Waals surface area (Å²) in [5.74, 6) is 0. The molecule has 0 spiro atoms. The zero-order valence-electron chi connectivity index (χ0n) is 7.13. The fraction of sp³-hybridized carbons (Fsp3) is 0.400. The summed E-state index contributed by atoms with van der Waals surface area (Å²) in [6.07, 6.45) is -1.25. The van der Waals surface area contributed by atoms with Crippen molar-refractivity contribution in [3.63, 3.8) is 0 Å². The van der Waals surface area contributed by atoms with Gasteiger partial charge >= 0.3 is 0 Å². The van der Waals surface area contributed by atoms with Gasteiger partial charge in [0.05, 0.1) is 0 Å². The molecule has 1 heterocycles. The van der Waals surface area contributed by atoms with Crippen LogP contribution in [0.15, 0.2) is 24.3 Å². The Morgan fingerprint density at radius 1 is 1.23 bits per heavy atom. The average molecular weight is 183 g/mol. The van der Waals surface area contributed by atoms with Gasteiger partial charge in [0.1, 0.15) is 0 Å². The van der Waals surface area contributed by atoms with Crippen molar-refractivity contribution in [2.24, 2.45) is 0 Å². The SMILES string of the molecule is FC(F)c1ccc(C2CCN2)cc1. The second kappa shape index (κ2) is 3.42. The molecule has 1 nitrogen and oxygen atoms in total.